The van der Waals surface area contributed by atoms with E-state index >= 15 is 0 Å². The first-order chi connectivity index (χ1) is 12.6. The summed E-state index contributed by atoms with van der Waals surface area (Å²) in [5.41, 5.74) is 4.29. The minimum atomic E-state index is 0.563. The van der Waals surface area contributed by atoms with Gasteiger partial charge in [0.15, 0.2) is 11.6 Å². The molecule has 126 valence electrons. The van der Waals surface area contributed by atoms with Crippen molar-refractivity contribution < 1.29 is 0 Å². The van der Waals surface area contributed by atoms with Crippen LogP contribution in [0.3, 0.4) is 0 Å². The summed E-state index contributed by atoms with van der Waals surface area (Å²) in [6, 6.07) is 17.5. The second kappa shape index (κ2) is 6.30. The summed E-state index contributed by atoms with van der Waals surface area (Å²) in [5.74, 6) is 1.94. The van der Waals surface area contributed by atoms with E-state index in [2.05, 4.69) is 26.6 Å². The second-order valence-corrected chi connectivity index (χ2v) is 6.17. The van der Waals surface area contributed by atoms with Crippen molar-refractivity contribution in [3.05, 3.63) is 65.4 Å². The summed E-state index contributed by atoms with van der Waals surface area (Å²) in [6.45, 7) is 3.97. The second-order valence-electron chi connectivity index (χ2n) is 6.17. The number of hydrogen-bond acceptors (Lipinski definition) is 5. The highest BCUT2D eigenvalue weighted by molar-refractivity contribution is 5.92. The molecule has 0 saturated carbocycles. The zero-order valence-electron chi connectivity index (χ0n) is 14.4. The first-order valence-electron chi connectivity index (χ1n) is 8.20. The number of nitriles is 1. The Morgan fingerprint density at radius 3 is 2.65 bits per heavy atom. The Balaban J connectivity index is 1.91. The van der Waals surface area contributed by atoms with E-state index in [0.717, 1.165) is 22.2 Å². The number of benzene rings is 2. The average molecular weight is 340 g/mol. The lowest BCUT2D eigenvalue weighted by Gasteiger charge is -2.10. The number of aromatic nitrogens is 4. The number of nitrogens with zero attached hydrogens (tertiary/aromatic N) is 4. The van der Waals surface area contributed by atoms with Crippen molar-refractivity contribution in [2.45, 2.75) is 13.8 Å². The Kier molecular flexibility index (Phi) is 3.82. The molecule has 26 heavy (non-hydrogen) atoms. The van der Waals surface area contributed by atoms with Crippen molar-refractivity contribution in [3.8, 4) is 17.5 Å². The Morgan fingerprint density at radius 1 is 1.04 bits per heavy atom. The Labute approximate surface area is 150 Å². The van der Waals surface area contributed by atoms with Crippen LogP contribution in [0.1, 0.15) is 16.8 Å². The van der Waals surface area contributed by atoms with Gasteiger partial charge in [0.05, 0.1) is 17.1 Å². The SMILES string of the molecule is Cc1cccc(-c2nc(Nc3cc(C)[nH]n3)c3ccc(C#N)cc3n2)c1. The molecule has 0 spiro atoms. The van der Waals surface area contributed by atoms with Crippen molar-refractivity contribution in [1.82, 2.24) is 20.2 Å². The molecule has 4 rings (SSSR count). The summed E-state index contributed by atoms with van der Waals surface area (Å²) < 4.78 is 0. The van der Waals surface area contributed by atoms with Crippen LogP contribution in [0.15, 0.2) is 48.5 Å². The minimum absolute atomic E-state index is 0.563. The molecule has 0 amide bonds. The van der Waals surface area contributed by atoms with E-state index in [4.69, 9.17) is 4.98 Å². The molecule has 0 aliphatic carbocycles. The lowest BCUT2D eigenvalue weighted by Crippen LogP contribution is -2.00. The maximum Gasteiger partial charge on any atom is 0.162 e. The number of nitrogens with one attached hydrogen (secondary N) is 2. The number of hydrogen-bond donors (Lipinski definition) is 2. The van der Waals surface area contributed by atoms with Gasteiger partial charge in [-0.3, -0.25) is 5.10 Å². The Morgan fingerprint density at radius 2 is 1.92 bits per heavy atom. The van der Waals surface area contributed by atoms with Crippen LogP contribution < -0.4 is 5.32 Å². The van der Waals surface area contributed by atoms with E-state index < -0.39 is 0 Å². The van der Waals surface area contributed by atoms with Gasteiger partial charge < -0.3 is 5.32 Å². The van der Waals surface area contributed by atoms with E-state index in [0.29, 0.717) is 28.5 Å². The monoisotopic (exact) mass is 340 g/mol. The fraction of sp³-hybridized carbons (Fsp3) is 0.100. The van der Waals surface area contributed by atoms with Crippen LogP contribution in [0.25, 0.3) is 22.3 Å². The fourth-order valence-electron chi connectivity index (χ4n) is 2.81. The number of aryl methyl sites for hydroxylation is 2. The lowest BCUT2D eigenvalue weighted by molar-refractivity contribution is 1.05. The summed E-state index contributed by atoms with van der Waals surface area (Å²) in [5, 5.41) is 20.4. The molecule has 4 aromatic rings. The molecule has 0 fully saturated rings. The molecule has 6 heteroatoms. The summed E-state index contributed by atoms with van der Waals surface area (Å²) in [7, 11) is 0. The number of fused-ring (bicyclic) bond motifs is 1. The van der Waals surface area contributed by atoms with E-state index in [1.54, 1.807) is 12.1 Å². The van der Waals surface area contributed by atoms with Gasteiger partial charge in [-0.25, -0.2) is 9.97 Å². The first kappa shape index (κ1) is 15.8. The smallest absolute Gasteiger partial charge is 0.162 e. The van der Waals surface area contributed by atoms with Crippen LogP contribution in [-0.4, -0.2) is 20.2 Å². The molecule has 0 aliphatic rings. The van der Waals surface area contributed by atoms with Crippen LogP contribution in [0.2, 0.25) is 0 Å². The Bertz CT molecular complexity index is 1150. The maximum atomic E-state index is 9.20. The molecule has 0 bridgehead atoms. The van der Waals surface area contributed by atoms with Gasteiger partial charge >= 0.3 is 0 Å². The van der Waals surface area contributed by atoms with Gasteiger partial charge in [0.2, 0.25) is 0 Å². The first-order valence-corrected chi connectivity index (χ1v) is 8.20. The quantitative estimate of drug-likeness (QED) is 0.582. The molecular formula is C20H16N6. The van der Waals surface area contributed by atoms with Crippen LogP contribution in [0.5, 0.6) is 0 Å². The molecule has 0 saturated heterocycles. The molecule has 2 heterocycles. The Hall–Kier alpha value is -3.72. The lowest BCUT2D eigenvalue weighted by atomic mass is 10.1. The van der Waals surface area contributed by atoms with Gasteiger partial charge in [-0.05, 0) is 38.1 Å². The van der Waals surface area contributed by atoms with Gasteiger partial charge in [0.25, 0.3) is 0 Å². The fourth-order valence-corrected chi connectivity index (χ4v) is 2.81. The van der Waals surface area contributed by atoms with E-state index in [9.17, 15) is 5.26 Å². The molecule has 0 radical (unpaired) electrons. The maximum absolute atomic E-state index is 9.20. The molecular weight excluding hydrogens is 324 g/mol. The van der Waals surface area contributed by atoms with Crippen LogP contribution in [-0.2, 0) is 0 Å². The zero-order valence-corrected chi connectivity index (χ0v) is 14.4. The van der Waals surface area contributed by atoms with Crippen LogP contribution in [0, 0.1) is 25.2 Å². The number of aromatic amines is 1. The predicted octanol–water partition coefficient (Wildman–Crippen LogP) is 4.25. The van der Waals surface area contributed by atoms with Crippen LogP contribution >= 0.6 is 0 Å². The molecule has 2 aromatic carbocycles. The third kappa shape index (κ3) is 2.98. The standard InChI is InChI=1S/C20H16N6/c1-12-4-3-5-15(8-12)19-22-17-10-14(11-21)6-7-16(17)20(24-19)23-18-9-13(2)25-26-18/h3-10H,1-2H3,(H2,22,23,24,25,26). The number of rotatable bonds is 3. The van der Waals surface area contributed by atoms with E-state index in [1.807, 2.05) is 50.2 Å². The number of anilines is 2. The highest BCUT2D eigenvalue weighted by Gasteiger charge is 2.12. The molecule has 0 aliphatic heterocycles. The third-order valence-electron chi connectivity index (χ3n) is 4.05. The highest BCUT2D eigenvalue weighted by atomic mass is 15.2. The summed E-state index contributed by atoms with van der Waals surface area (Å²) >= 11 is 0. The number of H-pyrrole nitrogens is 1. The normalized spacial score (nSPS) is 10.7. The van der Waals surface area contributed by atoms with Crippen molar-refractivity contribution in [2.75, 3.05) is 5.32 Å². The van der Waals surface area contributed by atoms with Crippen molar-refractivity contribution in [1.29, 1.82) is 5.26 Å². The summed E-state index contributed by atoms with van der Waals surface area (Å²) in [4.78, 5) is 9.39. The van der Waals surface area contributed by atoms with E-state index in [-0.39, 0.29) is 0 Å². The van der Waals surface area contributed by atoms with Crippen LogP contribution in [0.4, 0.5) is 11.6 Å². The van der Waals surface area contributed by atoms with Crippen molar-refractivity contribution in [2.24, 2.45) is 0 Å². The van der Waals surface area contributed by atoms with Gasteiger partial charge in [-0.1, -0.05) is 23.8 Å². The minimum Gasteiger partial charge on any atom is -0.323 e. The molecule has 2 N–H and O–H groups in total. The van der Waals surface area contributed by atoms with Gasteiger partial charge in [0, 0.05) is 22.7 Å². The van der Waals surface area contributed by atoms with E-state index in [1.165, 1.54) is 0 Å². The van der Waals surface area contributed by atoms with Crippen molar-refractivity contribution >= 4 is 22.5 Å². The molecule has 0 atom stereocenters. The predicted molar refractivity (Wildman–Crippen MR) is 101 cm³/mol. The zero-order chi connectivity index (χ0) is 18.1. The molecule has 6 nitrogen and oxygen atoms in total. The molecule has 2 aromatic heterocycles. The molecule has 0 unspecified atom stereocenters. The van der Waals surface area contributed by atoms with Gasteiger partial charge in [0.1, 0.15) is 5.82 Å². The van der Waals surface area contributed by atoms with Gasteiger partial charge in [-0.2, -0.15) is 10.4 Å². The topological polar surface area (TPSA) is 90.3 Å². The third-order valence-corrected chi connectivity index (χ3v) is 4.05. The average Bonchev–Trinajstić information content (AvgIpc) is 3.05. The summed E-state index contributed by atoms with van der Waals surface area (Å²) in [6.07, 6.45) is 0. The van der Waals surface area contributed by atoms with Gasteiger partial charge in [-0.15, -0.1) is 0 Å². The highest BCUT2D eigenvalue weighted by Crippen LogP contribution is 2.28. The largest absolute Gasteiger partial charge is 0.323 e. The van der Waals surface area contributed by atoms with Crippen molar-refractivity contribution in [3.63, 3.8) is 0 Å².